The van der Waals surface area contributed by atoms with Crippen LogP contribution in [-0.4, -0.2) is 12.6 Å². The maximum absolute atomic E-state index is 5.61. The predicted octanol–water partition coefficient (Wildman–Crippen LogP) is 3.69. The Morgan fingerprint density at radius 2 is 2.06 bits per heavy atom. The first-order valence-electron chi connectivity index (χ1n) is 6.14. The molecule has 0 heterocycles. The Morgan fingerprint density at radius 3 is 2.69 bits per heavy atom. The molecule has 16 heavy (non-hydrogen) atoms. The van der Waals surface area contributed by atoms with Crippen molar-refractivity contribution in [1.29, 1.82) is 0 Å². The molecular formula is C14H21NO. The molecule has 2 rings (SSSR count). The van der Waals surface area contributed by atoms with Gasteiger partial charge in [-0.05, 0) is 44.2 Å². The van der Waals surface area contributed by atoms with Gasteiger partial charge in [0.2, 0.25) is 0 Å². The van der Waals surface area contributed by atoms with E-state index in [0.717, 1.165) is 11.4 Å². The monoisotopic (exact) mass is 219 g/mol. The van der Waals surface area contributed by atoms with Crippen molar-refractivity contribution in [2.75, 3.05) is 11.9 Å². The van der Waals surface area contributed by atoms with Crippen LogP contribution >= 0.6 is 0 Å². The zero-order valence-corrected chi connectivity index (χ0v) is 10.4. The summed E-state index contributed by atoms with van der Waals surface area (Å²) in [6.45, 7) is 7.33. The molecule has 0 spiro atoms. The van der Waals surface area contributed by atoms with Crippen LogP contribution in [0.4, 0.5) is 5.69 Å². The highest BCUT2D eigenvalue weighted by atomic mass is 16.5. The highest BCUT2D eigenvalue weighted by Gasteiger charge is 2.42. The SMILES string of the molecule is CCOc1ccccc1NC(C)C1(C)CC1. The topological polar surface area (TPSA) is 21.3 Å². The highest BCUT2D eigenvalue weighted by molar-refractivity contribution is 5.57. The van der Waals surface area contributed by atoms with Gasteiger partial charge >= 0.3 is 0 Å². The van der Waals surface area contributed by atoms with E-state index in [1.54, 1.807) is 0 Å². The van der Waals surface area contributed by atoms with E-state index in [1.807, 2.05) is 25.1 Å². The molecule has 0 amide bonds. The van der Waals surface area contributed by atoms with Crippen molar-refractivity contribution in [2.45, 2.75) is 39.7 Å². The maximum atomic E-state index is 5.61. The van der Waals surface area contributed by atoms with Gasteiger partial charge < -0.3 is 10.1 Å². The van der Waals surface area contributed by atoms with Gasteiger partial charge in [0.1, 0.15) is 5.75 Å². The molecule has 1 aromatic carbocycles. The van der Waals surface area contributed by atoms with E-state index >= 15 is 0 Å². The smallest absolute Gasteiger partial charge is 0.142 e. The molecule has 0 saturated heterocycles. The van der Waals surface area contributed by atoms with Crippen LogP contribution in [0.15, 0.2) is 24.3 Å². The normalized spacial score (nSPS) is 18.9. The lowest BCUT2D eigenvalue weighted by atomic mass is 10.0. The number of ether oxygens (including phenoxy) is 1. The summed E-state index contributed by atoms with van der Waals surface area (Å²) in [5.74, 6) is 0.959. The van der Waals surface area contributed by atoms with Gasteiger partial charge in [-0.25, -0.2) is 0 Å². The first kappa shape index (κ1) is 11.3. The lowest BCUT2D eigenvalue weighted by Crippen LogP contribution is -2.25. The van der Waals surface area contributed by atoms with Crippen molar-refractivity contribution in [2.24, 2.45) is 5.41 Å². The Kier molecular flexibility index (Phi) is 3.08. The van der Waals surface area contributed by atoms with Crippen LogP contribution in [0.25, 0.3) is 0 Å². The summed E-state index contributed by atoms with van der Waals surface area (Å²) in [7, 11) is 0. The summed E-state index contributed by atoms with van der Waals surface area (Å²) < 4.78 is 5.61. The van der Waals surface area contributed by atoms with Crippen LogP contribution in [0.3, 0.4) is 0 Å². The van der Waals surface area contributed by atoms with E-state index in [0.29, 0.717) is 18.1 Å². The molecule has 2 nitrogen and oxygen atoms in total. The third kappa shape index (κ3) is 2.31. The summed E-state index contributed by atoms with van der Waals surface area (Å²) in [6.07, 6.45) is 2.66. The van der Waals surface area contributed by atoms with E-state index < -0.39 is 0 Å². The lowest BCUT2D eigenvalue weighted by molar-refractivity contribution is 0.341. The van der Waals surface area contributed by atoms with E-state index in [2.05, 4.69) is 25.2 Å². The van der Waals surface area contributed by atoms with Crippen molar-refractivity contribution in [1.82, 2.24) is 0 Å². The van der Waals surface area contributed by atoms with Crippen LogP contribution in [0.1, 0.15) is 33.6 Å². The van der Waals surface area contributed by atoms with Crippen LogP contribution in [0, 0.1) is 5.41 Å². The van der Waals surface area contributed by atoms with Crippen molar-refractivity contribution >= 4 is 5.69 Å². The van der Waals surface area contributed by atoms with Crippen molar-refractivity contribution in [3.05, 3.63) is 24.3 Å². The van der Waals surface area contributed by atoms with Gasteiger partial charge in [0.05, 0.1) is 12.3 Å². The van der Waals surface area contributed by atoms with Crippen molar-refractivity contribution in [3.8, 4) is 5.75 Å². The Bertz CT molecular complexity index is 358. The molecular weight excluding hydrogens is 198 g/mol. The molecule has 1 aromatic rings. The summed E-state index contributed by atoms with van der Waals surface area (Å²) in [5, 5.41) is 3.57. The fourth-order valence-corrected chi connectivity index (χ4v) is 1.90. The molecule has 1 unspecified atom stereocenters. The molecule has 1 aliphatic carbocycles. The molecule has 1 N–H and O–H groups in total. The molecule has 0 radical (unpaired) electrons. The number of rotatable bonds is 5. The van der Waals surface area contributed by atoms with Gasteiger partial charge in [0.25, 0.3) is 0 Å². The number of hydrogen-bond donors (Lipinski definition) is 1. The third-order valence-electron chi connectivity index (χ3n) is 3.64. The first-order chi connectivity index (χ1) is 7.65. The van der Waals surface area contributed by atoms with Gasteiger partial charge in [0.15, 0.2) is 0 Å². The fraction of sp³-hybridized carbons (Fsp3) is 0.571. The summed E-state index contributed by atoms with van der Waals surface area (Å²) >= 11 is 0. The number of benzene rings is 1. The maximum Gasteiger partial charge on any atom is 0.142 e. The number of anilines is 1. The van der Waals surface area contributed by atoms with Crippen molar-refractivity contribution < 1.29 is 4.74 Å². The molecule has 0 aromatic heterocycles. The standard InChI is InChI=1S/C14H21NO/c1-4-16-13-8-6-5-7-12(13)15-11(2)14(3)9-10-14/h5-8,11,15H,4,9-10H2,1-3H3. The predicted molar refractivity (Wildman–Crippen MR) is 68.0 cm³/mol. The molecule has 0 aliphatic heterocycles. The van der Waals surface area contributed by atoms with Crippen molar-refractivity contribution in [3.63, 3.8) is 0 Å². The van der Waals surface area contributed by atoms with E-state index in [9.17, 15) is 0 Å². The fourth-order valence-electron chi connectivity index (χ4n) is 1.90. The number of hydrogen-bond acceptors (Lipinski definition) is 2. The minimum Gasteiger partial charge on any atom is -0.492 e. The van der Waals surface area contributed by atoms with Crippen LogP contribution in [0.2, 0.25) is 0 Å². The average molecular weight is 219 g/mol. The number of para-hydroxylation sites is 2. The second-order valence-electron chi connectivity index (χ2n) is 4.95. The second-order valence-corrected chi connectivity index (χ2v) is 4.95. The molecule has 0 bridgehead atoms. The summed E-state index contributed by atoms with van der Waals surface area (Å²) in [5.41, 5.74) is 1.60. The van der Waals surface area contributed by atoms with E-state index in [-0.39, 0.29) is 0 Å². The second kappa shape index (κ2) is 4.36. The average Bonchev–Trinajstić information content (AvgIpc) is 3.01. The number of nitrogens with one attached hydrogen (secondary N) is 1. The Balaban J connectivity index is 2.08. The third-order valence-corrected chi connectivity index (χ3v) is 3.64. The molecule has 1 fully saturated rings. The van der Waals surface area contributed by atoms with Gasteiger partial charge in [-0.1, -0.05) is 19.1 Å². The zero-order chi connectivity index (χ0) is 11.6. The van der Waals surface area contributed by atoms with Crippen LogP contribution in [-0.2, 0) is 0 Å². The highest BCUT2D eigenvalue weighted by Crippen LogP contribution is 2.49. The molecule has 1 aliphatic rings. The summed E-state index contributed by atoms with van der Waals surface area (Å²) in [6, 6.07) is 8.68. The molecule has 1 saturated carbocycles. The Hall–Kier alpha value is -1.18. The molecule has 88 valence electrons. The minimum atomic E-state index is 0.485. The quantitative estimate of drug-likeness (QED) is 0.815. The van der Waals surface area contributed by atoms with E-state index in [4.69, 9.17) is 4.74 Å². The van der Waals surface area contributed by atoms with Gasteiger partial charge in [0, 0.05) is 6.04 Å². The Labute approximate surface area is 98.0 Å². The largest absolute Gasteiger partial charge is 0.492 e. The first-order valence-corrected chi connectivity index (χ1v) is 6.14. The van der Waals surface area contributed by atoms with E-state index in [1.165, 1.54) is 12.8 Å². The molecule has 1 atom stereocenters. The Morgan fingerprint density at radius 1 is 1.38 bits per heavy atom. The van der Waals surface area contributed by atoms with Crippen LogP contribution in [0.5, 0.6) is 5.75 Å². The van der Waals surface area contributed by atoms with Gasteiger partial charge in [-0.15, -0.1) is 0 Å². The van der Waals surface area contributed by atoms with Crippen LogP contribution < -0.4 is 10.1 Å². The lowest BCUT2D eigenvalue weighted by Gasteiger charge is -2.23. The van der Waals surface area contributed by atoms with Gasteiger partial charge in [-0.2, -0.15) is 0 Å². The molecule has 2 heteroatoms. The van der Waals surface area contributed by atoms with Gasteiger partial charge in [-0.3, -0.25) is 0 Å². The minimum absolute atomic E-state index is 0.485. The summed E-state index contributed by atoms with van der Waals surface area (Å²) in [4.78, 5) is 0. The zero-order valence-electron chi connectivity index (χ0n) is 10.4.